The van der Waals surface area contributed by atoms with Crippen molar-refractivity contribution in [3.05, 3.63) is 71.0 Å². The SMILES string of the molecule is O=C(O)c1ccc(NC(=O)[C@@H]2C[C@H](N3CCOCC3)CN2C(=O)C=Cc2cc(Cl)ccc2-n2cnnn2)cc1. The molecule has 0 radical (unpaired) electrons. The Labute approximate surface area is 228 Å². The number of aromatic nitrogens is 4. The lowest BCUT2D eigenvalue weighted by Crippen LogP contribution is -2.45. The van der Waals surface area contributed by atoms with Crippen molar-refractivity contribution in [2.75, 3.05) is 38.2 Å². The zero-order chi connectivity index (χ0) is 27.4. The molecule has 3 heterocycles. The van der Waals surface area contributed by atoms with Crippen LogP contribution in [0.4, 0.5) is 5.69 Å². The van der Waals surface area contributed by atoms with Crippen LogP contribution >= 0.6 is 11.6 Å². The third-order valence-electron chi connectivity index (χ3n) is 6.82. The lowest BCUT2D eigenvalue weighted by atomic mass is 10.1. The number of halogens is 1. The van der Waals surface area contributed by atoms with Gasteiger partial charge in [-0.05, 0) is 65.4 Å². The first-order valence-corrected chi connectivity index (χ1v) is 12.7. The highest BCUT2D eigenvalue weighted by Crippen LogP contribution is 2.26. The van der Waals surface area contributed by atoms with E-state index in [0.29, 0.717) is 48.1 Å². The first-order chi connectivity index (χ1) is 18.9. The molecule has 13 heteroatoms. The maximum absolute atomic E-state index is 13.5. The number of anilines is 1. The maximum atomic E-state index is 13.5. The van der Waals surface area contributed by atoms with E-state index in [-0.39, 0.29) is 23.4 Å². The largest absolute Gasteiger partial charge is 0.478 e. The van der Waals surface area contributed by atoms with Crippen LogP contribution in [0.1, 0.15) is 22.3 Å². The van der Waals surface area contributed by atoms with Gasteiger partial charge in [-0.15, -0.1) is 5.10 Å². The molecule has 2 N–H and O–H groups in total. The number of carboxylic acids is 1. The van der Waals surface area contributed by atoms with Crippen molar-refractivity contribution < 1.29 is 24.2 Å². The third kappa shape index (κ3) is 6.14. The van der Waals surface area contributed by atoms with Gasteiger partial charge in [-0.3, -0.25) is 14.5 Å². The lowest BCUT2D eigenvalue weighted by molar-refractivity contribution is -0.132. The van der Waals surface area contributed by atoms with E-state index in [0.717, 1.165) is 13.1 Å². The van der Waals surface area contributed by atoms with E-state index >= 15 is 0 Å². The van der Waals surface area contributed by atoms with Gasteiger partial charge in [-0.2, -0.15) is 4.68 Å². The number of carboxylic acid groups (broad SMARTS) is 1. The summed E-state index contributed by atoms with van der Waals surface area (Å²) in [7, 11) is 0. The van der Waals surface area contributed by atoms with E-state index in [9.17, 15) is 14.4 Å². The first-order valence-electron chi connectivity index (χ1n) is 12.4. The van der Waals surface area contributed by atoms with E-state index in [4.69, 9.17) is 21.4 Å². The van der Waals surface area contributed by atoms with E-state index in [1.807, 2.05) is 0 Å². The van der Waals surface area contributed by atoms with Crippen molar-refractivity contribution >= 4 is 41.1 Å². The standard InChI is InChI=1S/C26H26ClN7O5/c27-19-4-7-22(34-16-28-30-31-34)18(13-19)3-8-24(35)33-15-21(32-9-11-39-12-10-32)14-23(33)25(36)29-20-5-1-17(2-6-20)26(37)38/h1-8,13,16,21,23H,9-12,14-15H2,(H,29,36)(H,37,38)/t21-,23-/m0/s1. The molecule has 2 saturated heterocycles. The molecule has 2 aliphatic rings. The van der Waals surface area contributed by atoms with Gasteiger partial charge in [-0.1, -0.05) is 11.6 Å². The van der Waals surface area contributed by atoms with Gasteiger partial charge in [0.05, 0.1) is 24.5 Å². The fraction of sp³-hybridized carbons (Fsp3) is 0.308. The second-order valence-electron chi connectivity index (χ2n) is 9.21. The molecule has 2 fully saturated rings. The van der Waals surface area contributed by atoms with E-state index in [1.54, 1.807) is 29.2 Å². The van der Waals surface area contributed by atoms with Gasteiger partial charge in [0.2, 0.25) is 11.8 Å². The summed E-state index contributed by atoms with van der Waals surface area (Å²) in [6.45, 7) is 3.04. The molecule has 202 valence electrons. The normalized spacial score (nSPS) is 19.9. The number of amides is 2. The van der Waals surface area contributed by atoms with Crippen LogP contribution in [-0.4, -0.2) is 97.8 Å². The van der Waals surface area contributed by atoms with Gasteiger partial charge < -0.3 is 20.1 Å². The fourth-order valence-electron chi connectivity index (χ4n) is 4.83. The van der Waals surface area contributed by atoms with Crippen LogP contribution < -0.4 is 5.32 Å². The molecule has 0 aliphatic carbocycles. The minimum atomic E-state index is -1.05. The number of carbonyl (C=O) groups excluding carboxylic acids is 2. The van der Waals surface area contributed by atoms with Crippen molar-refractivity contribution in [3.8, 4) is 5.69 Å². The Kier molecular flexibility index (Phi) is 7.96. The Morgan fingerprint density at radius 3 is 2.56 bits per heavy atom. The zero-order valence-electron chi connectivity index (χ0n) is 20.8. The Morgan fingerprint density at radius 1 is 1.10 bits per heavy atom. The molecule has 2 amide bonds. The summed E-state index contributed by atoms with van der Waals surface area (Å²) in [4.78, 5) is 41.8. The predicted molar refractivity (Wildman–Crippen MR) is 142 cm³/mol. The van der Waals surface area contributed by atoms with Crippen molar-refractivity contribution in [1.82, 2.24) is 30.0 Å². The van der Waals surface area contributed by atoms with Crippen LogP contribution in [-0.2, 0) is 14.3 Å². The summed E-state index contributed by atoms with van der Waals surface area (Å²) in [5.41, 5.74) is 1.84. The van der Waals surface area contributed by atoms with Crippen molar-refractivity contribution in [1.29, 1.82) is 0 Å². The molecular weight excluding hydrogens is 526 g/mol. The molecule has 2 atom stereocenters. The number of carbonyl (C=O) groups is 3. The Balaban J connectivity index is 1.37. The van der Waals surface area contributed by atoms with Crippen LogP contribution in [0.5, 0.6) is 0 Å². The van der Waals surface area contributed by atoms with Gasteiger partial charge >= 0.3 is 5.97 Å². The average Bonchev–Trinajstić information content (AvgIpc) is 3.64. The number of likely N-dealkylation sites (tertiary alicyclic amines) is 1. The molecular formula is C26H26ClN7O5. The van der Waals surface area contributed by atoms with Gasteiger partial charge in [0.25, 0.3) is 0 Å². The summed E-state index contributed by atoms with van der Waals surface area (Å²) in [6.07, 6.45) is 4.96. The highest BCUT2D eigenvalue weighted by molar-refractivity contribution is 6.30. The second kappa shape index (κ2) is 11.7. The summed E-state index contributed by atoms with van der Waals surface area (Å²) < 4.78 is 6.94. The molecule has 0 saturated carbocycles. The van der Waals surface area contributed by atoms with Crippen LogP contribution in [0.25, 0.3) is 11.8 Å². The highest BCUT2D eigenvalue weighted by atomic mass is 35.5. The lowest BCUT2D eigenvalue weighted by Gasteiger charge is -2.31. The molecule has 0 unspecified atom stereocenters. The number of benzene rings is 2. The number of hydrogen-bond acceptors (Lipinski definition) is 8. The Morgan fingerprint density at radius 2 is 1.87 bits per heavy atom. The summed E-state index contributed by atoms with van der Waals surface area (Å²) in [5, 5.41) is 23.7. The van der Waals surface area contributed by atoms with Crippen molar-refractivity contribution in [2.24, 2.45) is 0 Å². The van der Waals surface area contributed by atoms with Gasteiger partial charge in [0.1, 0.15) is 12.4 Å². The highest BCUT2D eigenvalue weighted by Gasteiger charge is 2.41. The molecule has 2 aromatic carbocycles. The summed E-state index contributed by atoms with van der Waals surface area (Å²) >= 11 is 6.20. The average molecular weight is 552 g/mol. The van der Waals surface area contributed by atoms with Crippen molar-refractivity contribution in [3.63, 3.8) is 0 Å². The Bertz CT molecular complexity index is 1370. The van der Waals surface area contributed by atoms with Gasteiger partial charge in [0, 0.05) is 48.0 Å². The van der Waals surface area contributed by atoms with E-state index in [2.05, 4.69) is 25.7 Å². The topological polar surface area (TPSA) is 143 Å². The number of tetrazole rings is 1. The second-order valence-corrected chi connectivity index (χ2v) is 9.64. The molecule has 5 rings (SSSR count). The molecule has 2 aliphatic heterocycles. The summed E-state index contributed by atoms with van der Waals surface area (Å²) in [5.74, 6) is -1.72. The van der Waals surface area contributed by atoms with E-state index in [1.165, 1.54) is 41.4 Å². The minimum absolute atomic E-state index is 0.000611. The number of ether oxygens (including phenoxy) is 1. The zero-order valence-corrected chi connectivity index (χ0v) is 21.6. The molecule has 1 aromatic heterocycles. The number of nitrogens with one attached hydrogen (secondary N) is 1. The van der Waals surface area contributed by atoms with Crippen molar-refractivity contribution in [2.45, 2.75) is 18.5 Å². The van der Waals surface area contributed by atoms with Crippen LogP contribution in [0.15, 0.2) is 54.9 Å². The molecule has 39 heavy (non-hydrogen) atoms. The third-order valence-corrected chi connectivity index (χ3v) is 7.05. The first kappa shape index (κ1) is 26.5. The number of nitrogens with zero attached hydrogens (tertiary/aromatic N) is 6. The number of aromatic carboxylic acids is 1. The molecule has 12 nitrogen and oxygen atoms in total. The van der Waals surface area contributed by atoms with Crippen LogP contribution in [0, 0.1) is 0 Å². The number of rotatable bonds is 7. The smallest absolute Gasteiger partial charge is 0.335 e. The predicted octanol–water partition coefficient (Wildman–Crippen LogP) is 1.97. The monoisotopic (exact) mass is 551 g/mol. The number of morpholine rings is 1. The van der Waals surface area contributed by atoms with Gasteiger partial charge in [0.15, 0.2) is 0 Å². The van der Waals surface area contributed by atoms with Crippen LogP contribution in [0.2, 0.25) is 5.02 Å². The molecule has 0 spiro atoms. The van der Waals surface area contributed by atoms with Crippen LogP contribution in [0.3, 0.4) is 0 Å². The fourth-order valence-corrected chi connectivity index (χ4v) is 5.01. The quantitative estimate of drug-likeness (QED) is 0.421. The minimum Gasteiger partial charge on any atom is -0.478 e. The van der Waals surface area contributed by atoms with E-state index < -0.39 is 12.0 Å². The maximum Gasteiger partial charge on any atom is 0.335 e. The number of hydrogen-bond donors (Lipinski definition) is 2. The Hall–Kier alpha value is -4.13. The molecule has 0 bridgehead atoms. The molecule has 3 aromatic rings. The van der Waals surface area contributed by atoms with Gasteiger partial charge in [-0.25, -0.2) is 4.79 Å². The summed E-state index contributed by atoms with van der Waals surface area (Å²) in [6, 6.07) is 10.3.